The number of nitrogens with zero attached hydrogens (tertiary/aromatic N) is 5. The molecule has 2 aliphatic rings. The van der Waals surface area contributed by atoms with Gasteiger partial charge in [0.2, 0.25) is 0 Å². The molecule has 1 saturated heterocycles. The van der Waals surface area contributed by atoms with Crippen molar-refractivity contribution in [3.05, 3.63) is 58.5 Å². The smallest absolute Gasteiger partial charge is 0.135 e. The Bertz CT molecular complexity index is 1110. The third kappa shape index (κ3) is 4.43. The maximum atomic E-state index is 7.32. The molecule has 0 saturated carbocycles. The Morgan fingerprint density at radius 3 is 2.48 bits per heavy atom. The van der Waals surface area contributed by atoms with Crippen molar-refractivity contribution in [3.63, 3.8) is 0 Å². The highest BCUT2D eigenvalue weighted by Crippen LogP contribution is 2.36. The maximum Gasteiger partial charge on any atom is 0.135 e. The van der Waals surface area contributed by atoms with Crippen LogP contribution in [0.2, 0.25) is 5.02 Å². The van der Waals surface area contributed by atoms with Gasteiger partial charge in [-0.1, -0.05) is 35.9 Å². The molecule has 1 fully saturated rings. The third-order valence-electron chi connectivity index (χ3n) is 5.74. The van der Waals surface area contributed by atoms with Gasteiger partial charge in [0.05, 0.1) is 23.3 Å². The Morgan fingerprint density at radius 2 is 1.74 bits per heavy atom. The van der Waals surface area contributed by atoms with Gasteiger partial charge < -0.3 is 15.1 Å². The Balaban J connectivity index is 0.000000730. The number of anilines is 2. The van der Waals surface area contributed by atoms with Gasteiger partial charge in [0.1, 0.15) is 11.6 Å². The summed E-state index contributed by atoms with van der Waals surface area (Å²) in [7, 11) is 0. The lowest BCUT2D eigenvalue weighted by molar-refractivity contribution is 0.578. The molecule has 0 unspecified atom stereocenters. The second kappa shape index (κ2) is 9.51. The molecule has 0 spiro atoms. The molecule has 6 nitrogen and oxygen atoms in total. The fraction of sp³-hybridized carbons (Fsp3) is 0.375. The first-order chi connectivity index (χ1) is 15.1. The molecule has 1 N–H and O–H groups in total. The van der Waals surface area contributed by atoms with E-state index in [0.717, 1.165) is 73.4 Å². The lowest BCUT2D eigenvalue weighted by Gasteiger charge is -2.35. The molecule has 5 rings (SSSR count). The summed E-state index contributed by atoms with van der Waals surface area (Å²) in [5, 5.41) is 13.9. The fourth-order valence-electron chi connectivity index (χ4n) is 4.41. The van der Waals surface area contributed by atoms with E-state index in [2.05, 4.69) is 39.4 Å². The molecule has 7 heteroatoms. The normalized spacial score (nSPS) is 15.7. The highest BCUT2D eigenvalue weighted by molar-refractivity contribution is 6.36. The Hall–Kier alpha value is -2.88. The second-order valence-corrected chi connectivity index (χ2v) is 8.17. The average molecular weight is 435 g/mol. The van der Waals surface area contributed by atoms with Crippen LogP contribution in [0.25, 0.3) is 10.8 Å². The molecule has 3 aromatic rings. The van der Waals surface area contributed by atoms with Crippen molar-refractivity contribution in [2.24, 2.45) is 0 Å². The zero-order valence-electron chi connectivity index (χ0n) is 18.0. The summed E-state index contributed by atoms with van der Waals surface area (Å²) in [6, 6.07) is 14.3. The minimum atomic E-state index is 0.794. The molecule has 0 aliphatic carbocycles. The number of hydrogen-bond acceptors (Lipinski definition) is 6. The van der Waals surface area contributed by atoms with Crippen molar-refractivity contribution in [2.45, 2.75) is 26.8 Å². The molecule has 160 valence electrons. The molecule has 0 radical (unpaired) electrons. The molecule has 0 amide bonds. The van der Waals surface area contributed by atoms with Crippen molar-refractivity contribution in [1.29, 1.82) is 5.26 Å². The molecular formula is C24H27ClN6. The third-order valence-corrected chi connectivity index (χ3v) is 6.06. The van der Waals surface area contributed by atoms with Gasteiger partial charge in [0, 0.05) is 56.3 Å². The van der Waals surface area contributed by atoms with E-state index in [4.69, 9.17) is 26.8 Å². The molecule has 1 aromatic heterocycles. The van der Waals surface area contributed by atoms with Gasteiger partial charge in [0.25, 0.3) is 0 Å². The van der Waals surface area contributed by atoms with Gasteiger partial charge in [0.15, 0.2) is 0 Å². The number of aromatic nitrogens is 2. The van der Waals surface area contributed by atoms with Crippen LogP contribution in [0.3, 0.4) is 0 Å². The van der Waals surface area contributed by atoms with E-state index >= 15 is 0 Å². The van der Waals surface area contributed by atoms with Gasteiger partial charge in [-0.2, -0.15) is 5.26 Å². The number of halogens is 1. The first-order valence-electron chi connectivity index (χ1n) is 10.7. The summed E-state index contributed by atoms with van der Waals surface area (Å²) < 4.78 is 0. The molecule has 0 atom stereocenters. The number of hydrogen-bond donors (Lipinski definition) is 1. The quantitative estimate of drug-likeness (QED) is 0.655. The van der Waals surface area contributed by atoms with Crippen LogP contribution < -0.4 is 15.1 Å². The summed E-state index contributed by atoms with van der Waals surface area (Å²) in [5.41, 5.74) is 3.65. The summed E-state index contributed by atoms with van der Waals surface area (Å²) in [6.45, 7) is 9.21. The summed E-state index contributed by atoms with van der Waals surface area (Å²) >= 11 is 6.57. The van der Waals surface area contributed by atoms with Crippen molar-refractivity contribution >= 4 is 33.9 Å². The van der Waals surface area contributed by atoms with Gasteiger partial charge in [-0.15, -0.1) is 0 Å². The Kier molecular flexibility index (Phi) is 6.55. The minimum absolute atomic E-state index is 0.794. The van der Waals surface area contributed by atoms with E-state index in [0.29, 0.717) is 0 Å². The van der Waals surface area contributed by atoms with Gasteiger partial charge in [-0.05, 0) is 30.9 Å². The maximum absolute atomic E-state index is 7.32. The Labute approximate surface area is 188 Å². The van der Waals surface area contributed by atoms with E-state index in [1.807, 2.05) is 19.1 Å². The molecule has 31 heavy (non-hydrogen) atoms. The highest BCUT2D eigenvalue weighted by atomic mass is 35.5. The molecule has 2 aromatic carbocycles. The largest absolute Gasteiger partial charge is 0.365 e. The van der Waals surface area contributed by atoms with Crippen molar-refractivity contribution in [2.75, 3.05) is 42.5 Å². The van der Waals surface area contributed by atoms with Crippen LogP contribution in [-0.2, 0) is 13.0 Å². The number of fused-ring (bicyclic) bond motifs is 2. The van der Waals surface area contributed by atoms with Crippen LogP contribution in [0.15, 0.2) is 36.4 Å². The zero-order chi connectivity index (χ0) is 21.8. The predicted molar refractivity (Wildman–Crippen MR) is 127 cm³/mol. The predicted octanol–water partition coefficient (Wildman–Crippen LogP) is 4.09. The lowest BCUT2D eigenvalue weighted by atomic mass is 10.0. The van der Waals surface area contributed by atoms with Crippen molar-refractivity contribution in [1.82, 2.24) is 15.3 Å². The van der Waals surface area contributed by atoms with Crippen LogP contribution in [0, 0.1) is 18.3 Å². The van der Waals surface area contributed by atoms with Crippen LogP contribution in [0.5, 0.6) is 0 Å². The van der Waals surface area contributed by atoms with E-state index in [1.54, 1.807) is 6.07 Å². The monoisotopic (exact) mass is 434 g/mol. The van der Waals surface area contributed by atoms with Gasteiger partial charge in [-0.3, -0.25) is 0 Å². The second-order valence-electron chi connectivity index (χ2n) is 7.77. The van der Waals surface area contributed by atoms with Crippen molar-refractivity contribution < 1.29 is 0 Å². The molecule has 0 bridgehead atoms. The van der Waals surface area contributed by atoms with Gasteiger partial charge >= 0.3 is 0 Å². The summed E-state index contributed by atoms with van der Waals surface area (Å²) in [4.78, 5) is 14.5. The van der Waals surface area contributed by atoms with E-state index in [-0.39, 0.29) is 0 Å². The zero-order valence-corrected chi connectivity index (χ0v) is 18.8. The lowest BCUT2D eigenvalue weighted by Crippen LogP contribution is -2.45. The summed E-state index contributed by atoms with van der Waals surface area (Å²) in [5.74, 6) is 1.99. The van der Waals surface area contributed by atoms with Crippen LogP contribution in [0.4, 0.5) is 11.5 Å². The first-order valence-corrected chi connectivity index (χ1v) is 11.0. The van der Waals surface area contributed by atoms with Crippen LogP contribution in [-0.4, -0.2) is 42.7 Å². The number of nitriles is 1. The molecule has 2 aliphatic heterocycles. The van der Waals surface area contributed by atoms with Crippen LogP contribution in [0.1, 0.15) is 24.0 Å². The van der Waals surface area contributed by atoms with E-state index in [1.165, 1.54) is 23.6 Å². The average Bonchev–Trinajstić information content (AvgIpc) is 2.79. The van der Waals surface area contributed by atoms with Crippen LogP contribution >= 0.6 is 11.6 Å². The number of benzene rings is 2. The Morgan fingerprint density at radius 1 is 1.03 bits per heavy atom. The SMILES string of the molecule is CC#N.Cc1nc2c(c(N3CCNCC3)n1)CCN(c1cccc3cccc(Cl)c13)C2. The summed E-state index contributed by atoms with van der Waals surface area (Å²) in [6.07, 6.45) is 0.954. The van der Waals surface area contributed by atoms with E-state index < -0.39 is 0 Å². The van der Waals surface area contributed by atoms with Crippen molar-refractivity contribution in [3.8, 4) is 6.07 Å². The van der Waals surface area contributed by atoms with E-state index in [9.17, 15) is 0 Å². The fourth-order valence-corrected chi connectivity index (χ4v) is 4.69. The highest BCUT2D eigenvalue weighted by Gasteiger charge is 2.26. The number of piperazine rings is 1. The number of rotatable bonds is 2. The first kappa shape index (κ1) is 21.4. The minimum Gasteiger partial charge on any atom is -0.365 e. The number of nitrogens with one attached hydrogen (secondary N) is 1. The molecular weight excluding hydrogens is 408 g/mol. The number of aryl methyl sites for hydroxylation is 1. The van der Waals surface area contributed by atoms with Gasteiger partial charge in [-0.25, -0.2) is 9.97 Å². The standard InChI is InChI=1S/C22H24ClN5.C2H3N/c1-15-25-19-14-28(20-7-3-5-16-4-2-6-18(23)21(16)20)11-8-17(19)22(26-15)27-12-9-24-10-13-27;1-2-3/h2-7,24H,8-14H2,1H3;1H3. The topological polar surface area (TPSA) is 68.1 Å². The molecule has 3 heterocycles.